The lowest BCUT2D eigenvalue weighted by atomic mass is 10.0. The van der Waals surface area contributed by atoms with E-state index < -0.39 is 4.92 Å². The largest absolute Gasteiger partial charge is 0.323 e. The molecule has 3 rings (SSSR count). The molecule has 8 nitrogen and oxygen atoms in total. The minimum atomic E-state index is -0.502. The molecule has 1 aromatic carbocycles. The Morgan fingerprint density at radius 1 is 1.30 bits per heavy atom. The van der Waals surface area contributed by atoms with Crippen molar-refractivity contribution in [3.05, 3.63) is 86.0 Å². The Labute approximate surface area is 182 Å². The fraction of sp³-hybridized carbons (Fsp3) is 0.150. The highest BCUT2D eigenvalue weighted by molar-refractivity contribution is 7.80. The lowest BCUT2D eigenvalue weighted by Gasteiger charge is -2.20. The number of anilines is 1. The number of hydrazine groups is 1. The molecule has 154 valence electrons. The molecule has 0 saturated heterocycles. The molecule has 2 aromatic heterocycles. The lowest BCUT2D eigenvalue weighted by Crippen LogP contribution is -2.39. The molecule has 0 atom stereocenters. The fourth-order valence-corrected chi connectivity index (χ4v) is 4.08. The molecule has 10 heteroatoms. The molecule has 0 bridgehead atoms. The van der Waals surface area contributed by atoms with Crippen LogP contribution in [0.1, 0.15) is 31.9 Å². The average molecular weight is 442 g/mol. The number of benzene rings is 1. The molecular formula is C20H19N5O3S2. The van der Waals surface area contributed by atoms with Crippen molar-refractivity contribution in [1.29, 1.82) is 0 Å². The van der Waals surface area contributed by atoms with Crippen LogP contribution in [0.5, 0.6) is 0 Å². The maximum absolute atomic E-state index is 13.1. The molecule has 2 heterocycles. The van der Waals surface area contributed by atoms with Gasteiger partial charge in [0.1, 0.15) is 5.00 Å². The summed E-state index contributed by atoms with van der Waals surface area (Å²) in [5, 5.41) is 16.1. The third-order valence-electron chi connectivity index (χ3n) is 4.51. The minimum Gasteiger partial charge on any atom is -0.323 e. The molecule has 0 aliphatic carbocycles. The first kappa shape index (κ1) is 21.5. The monoisotopic (exact) mass is 441 g/mol. The number of nitro groups is 1. The number of thiophene rings is 1. The van der Waals surface area contributed by atoms with Crippen LogP contribution < -0.4 is 11.2 Å². The van der Waals surface area contributed by atoms with Crippen LogP contribution in [0, 0.1) is 24.0 Å². The zero-order valence-corrected chi connectivity index (χ0v) is 17.9. The maximum Gasteiger partial charge on any atom is 0.269 e. The summed E-state index contributed by atoms with van der Waals surface area (Å²) in [5.41, 5.74) is 2.48. The van der Waals surface area contributed by atoms with E-state index in [2.05, 4.69) is 10.3 Å². The van der Waals surface area contributed by atoms with Crippen LogP contribution in [0.25, 0.3) is 0 Å². The normalized spacial score (nSPS) is 10.5. The van der Waals surface area contributed by atoms with Gasteiger partial charge in [0, 0.05) is 35.0 Å². The van der Waals surface area contributed by atoms with Gasteiger partial charge in [-0.25, -0.2) is 5.84 Å². The summed E-state index contributed by atoms with van der Waals surface area (Å²) in [7, 11) is 0. The van der Waals surface area contributed by atoms with E-state index in [0.29, 0.717) is 22.7 Å². The Balaban J connectivity index is 1.83. The topological polar surface area (TPSA) is 114 Å². The molecular weight excluding hydrogens is 422 g/mol. The number of thiocarbonyl (C=S) groups is 1. The second-order valence-corrected chi connectivity index (χ2v) is 8.15. The van der Waals surface area contributed by atoms with E-state index in [1.807, 2.05) is 26.0 Å². The summed E-state index contributed by atoms with van der Waals surface area (Å²) >= 11 is 6.81. The minimum absolute atomic E-state index is 0.0709. The number of carbonyl (C=O) groups is 1. The number of aryl methyl sites for hydroxylation is 1. The van der Waals surface area contributed by atoms with E-state index in [1.165, 1.54) is 40.6 Å². The van der Waals surface area contributed by atoms with Crippen LogP contribution in [-0.4, -0.2) is 25.8 Å². The van der Waals surface area contributed by atoms with Gasteiger partial charge in [-0.2, -0.15) is 0 Å². The number of nitrogens with zero attached hydrogens (tertiary/aromatic N) is 3. The molecule has 0 amide bonds. The molecule has 3 N–H and O–H groups in total. The number of pyridine rings is 1. The highest BCUT2D eigenvalue weighted by Crippen LogP contribution is 2.34. The average Bonchev–Trinajstić information content (AvgIpc) is 3.01. The van der Waals surface area contributed by atoms with Crippen LogP contribution in [0.4, 0.5) is 10.7 Å². The third kappa shape index (κ3) is 4.67. The predicted molar refractivity (Wildman–Crippen MR) is 121 cm³/mol. The van der Waals surface area contributed by atoms with Crippen molar-refractivity contribution in [1.82, 2.24) is 9.99 Å². The number of nitrogens with one attached hydrogen (secondary N) is 1. The quantitative estimate of drug-likeness (QED) is 0.194. The number of nitro benzene ring substituents is 1. The van der Waals surface area contributed by atoms with Crippen molar-refractivity contribution in [3.8, 4) is 0 Å². The molecule has 0 unspecified atom stereocenters. The van der Waals surface area contributed by atoms with Gasteiger partial charge in [-0.05, 0) is 55.4 Å². The van der Waals surface area contributed by atoms with Gasteiger partial charge in [-0.15, -0.1) is 11.3 Å². The number of aromatic nitrogens is 1. The van der Waals surface area contributed by atoms with Gasteiger partial charge in [0.25, 0.3) is 5.69 Å². The van der Waals surface area contributed by atoms with Crippen molar-refractivity contribution in [3.63, 3.8) is 0 Å². The number of hydrogen-bond donors (Lipinski definition) is 2. The predicted octanol–water partition coefficient (Wildman–Crippen LogP) is 3.97. The van der Waals surface area contributed by atoms with E-state index in [-0.39, 0.29) is 16.6 Å². The number of hydrogen-bond acceptors (Lipinski definition) is 7. The highest BCUT2D eigenvalue weighted by Gasteiger charge is 2.23. The second kappa shape index (κ2) is 9.08. The SMILES string of the molecule is Cc1sc(NC(=S)N(N)Cc2cccnc2)c(C(=O)c2ccc([N+](=O)[O-])cc2)c1C. The molecule has 0 aliphatic rings. The Morgan fingerprint density at radius 2 is 2.00 bits per heavy atom. The summed E-state index contributed by atoms with van der Waals surface area (Å²) < 4.78 is 0. The lowest BCUT2D eigenvalue weighted by molar-refractivity contribution is -0.384. The standard InChI is InChI=1S/C20H19N5O3S2/c1-12-13(2)30-19(23-20(29)24(21)11-14-4-3-9-22-10-14)17(12)18(26)15-5-7-16(8-6-15)25(27)28/h3-10H,11,21H2,1-2H3,(H,23,29). The summed E-state index contributed by atoms with van der Waals surface area (Å²) in [4.78, 5) is 28.5. The van der Waals surface area contributed by atoms with Crippen molar-refractivity contribution >= 4 is 45.1 Å². The number of non-ortho nitro benzene ring substituents is 1. The molecule has 30 heavy (non-hydrogen) atoms. The van der Waals surface area contributed by atoms with Gasteiger partial charge in [0.05, 0.1) is 17.0 Å². The van der Waals surface area contributed by atoms with Crippen molar-refractivity contribution < 1.29 is 9.72 Å². The van der Waals surface area contributed by atoms with Gasteiger partial charge in [0.2, 0.25) is 0 Å². The summed E-state index contributed by atoms with van der Waals surface area (Å²) in [6, 6.07) is 9.23. The molecule has 3 aromatic rings. The maximum atomic E-state index is 13.1. The molecule has 0 radical (unpaired) electrons. The number of nitrogens with two attached hydrogens (primary N) is 1. The smallest absolute Gasteiger partial charge is 0.269 e. The molecule has 0 spiro atoms. The van der Waals surface area contributed by atoms with Gasteiger partial charge in [-0.1, -0.05) is 6.07 Å². The van der Waals surface area contributed by atoms with E-state index in [9.17, 15) is 14.9 Å². The first-order valence-electron chi connectivity index (χ1n) is 8.89. The first-order valence-corrected chi connectivity index (χ1v) is 10.1. The van der Waals surface area contributed by atoms with Crippen LogP contribution in [0.2, 0.25) is 0 Å². The Kier molecular flexibility index (Phi) is 6.50. The van der Waals surface area contributed by atoms with Crippen LogP contribution in [0.15, 0.2) is 48.8 Å². The fourth-order valence-electron chi connectivity index (χ4n) is 2.80. The Hall–Kier alpha value is -3.21. The summed E-state index contributed by atoms with van der Waals surface area (Å²) in [5.74, 6) is 5.84. The van der Waals surface area contributed by atoms with Gasteiger partial charge in [0.15, 0.2) is 10.9 Å². The summed E-state index contributed by atoms with van der Waals surface area (Å²) in [6.07, 6.45) is 3.37. The molecule has 0 aliphatic heterocycles. The van der Waals surface area contributed by atoms with Crippen molar-refractivity contribution in [2.75, 3.05) is 5.32 Å². The van der Waals surface area contributed by atoms with Gasteiger partial charge < -0.3 is 5.32 Å². The van der Waals surface area contributed by atoms with E-state index >= 15 is 0 Å². The molecule has 0 fully saturated rings. The van der Waals surface area contributed by atoms with E-state index in [0.717, 1.165) is 16.0 Å². The summed E-state index contributed by atoms with van der Waals surface area (Å²) in [6.45, 7) is 4.12. The number of rotatable bonds is 6. The van der Waals surface area contributed by atoms with Crippen molar-refractivity contribution in [2.45, 2.75) is 20.4 Å². The van der Waals surface area contributed by atoms with Crippen LogP contribution in [-0.2, 0) is 6.54 Å². The second-order valence-electron chi connectivity index (χ2n) is 6.54. The van der Waals surface area contributed by atoms with E-state index in [4.69, 9.17) is 18.1 Å². The highest BCUT2D eigenvalue weighted by atomic mass is 32.1. The Bertz CT molecular complexity index is 1100. The zero-order chi connectivity index (χ0) is 21.8. The molecule has 0 saturated carbocycles. The zero-order valence-electron chi connectivity index (χ0n) is 16.3. The number of ketones is 1. The van der Waals surface area contributed by atoms with Crippen molar-refractivity contribution in [2.24, 2.45) is 5.84 Å². The van der Waals surface area contributed by atoms with Crippen LogP contribution >= 0.6 is 23.6 Å². The third-order valence-corrected chi connectivity index (χ3v) is 5.97. The van der Waals surface area contributed by atoms with Gasteiger partial charge >= 0.3 is 0 Å². The Morgan fingerprint density at radius 3 is 2.60 bits per heavy atom. The van der Waals surface area contributed by atoms with Gasteiger partial charge in [-0.3, -0.25) is 24.9 Å². The number of carbonyl (C=O) groups excluding carboxylic acids is 1. The first-order chi connectivity index (χ1) is 14.3. The van der Waals surface area contributed by atoms with Crippen LogP contribution in [0.3, 0.4) is 0 Å². The van der Waals surface area contributed by atoms with E-state index in [1.54, 1.807) is 12.4 Å².